The highest BCUT2D eigenvalue weighted by Crippen LogP contribution is 2.39. The lowest BCUT2D eigenvalue weighted by Gasteiger charge is -2.20. The summed E-state index contributed by atoms with van der Waals surface area (Å²) in [5.74, 6) is 0. The molecule has 0 radical (unpaired) electrons. The Morgan fingerprint density at radius 3 is 2.42 bits per heavy atom. The molecule has 6 heteroatoms. The van der Waals surface area contributed by atoms with Crippen molar-refractivity contribution < 1.29 is 5.11 Å². The maximum Gasteiger partial charge on any atom is 0.0965 e. The summed E-state index contributed by atoms with van der Waals surface area (Å²) in [6, 6.07) is 23.1. The van der Waals surface area contributed by atoms with Crippen molar-refractivity contribution in [2.75, 3.05) is 6.61 Å². The summed E-state index contributed by atoms with van der Waals surface area (Å²) in [6.45, 7) is -0.0760. The Labute approximate surface area is 189 Å². The fourth-order valence-electron chi connectivity index (χ4n) is 4.00. The van der Waals surface area contributed by atoms with E-state index in [9.17, 15) is 5.11 Å². The van der Waals surface area contributed by atoms with Crippen molar-refractivity contribution in [2.45, 2.75) is 6.04 Å². The summed E-state index contributed by atoms with van der Waals surface area (Å²) in [5, 5.41) is 12.7. The van der Waals surface area contributed by atoms with E-state index in [-0.39, 0.29) is 12.6 Å². The average molecular weight is 448 g/mol. The molecule has 31 heavy (non-hydrogen) atoms. The minimum atomic E-state index is -0.311. The number of H-pyrrole nitrogens is 1. The summed E-state index contributed by atoms with van der Waals surface area (Å²) >= 11 is 12.3. The molecule has 5 rings (SSSR count). The molecule has 0 aliphatic rings. The Balaban J connectivity index is 1.76. The third-order valence-electron chi connectivity index (χ3n) is 5.50. The van der Waals surface area contributed by atoms with E-state index >= 15 is 0 Å². The van der Waals surface area contributed by atoms with Gasteiger partial charge < -0.3 is 14.7 Å². The topological polar surface area (TPSA) is 53.8 Å². The predicted molar refractivity (Wildman–Crippen MR) is 127 cm³/mol. The molecule has 2 aromatic heterocycles. The second kappa shape index (κ2) is 8.23. The van der Waals surface area contributed by atoms with Gasteiger partial charge in [-0.2, -0.15) is 0 Å². The lowest BCUT2D eigenvalue weighted by Crippen LogP contribution is -2.15. The zero-order valence-electron chi connectivity index (χ0n) is 16.5. The van der Waals surface area contributed by atoms with Gasteiger partial charge in [0.05, 0.1) is 30.4 Å². The van der Waals surface area contributed by atoms with Crippen LogP contribution >= 0.6 is 23.2 Å². The maximum absolute atomic E-state index is 10.3. The van der Waals surface area contributed by atoms with Gasteiger partial charge in [-0.25, -0.2) is 4.98 Å². The first-order valence-electron chi connectivity index (χ1n) is 9.91. The fourth-order valence-corrected chi connectivity index (χ4v) is 4.30. The molecule has 0 fully saturated rings. The van der Waals surface area contributed by atoms with E-state index in [1.165, 1.54) is 0 Å². The normalized spacial score (nSPS) is 12.4. The van der Waals surface area contributed by atoms with Crippen molar-refractivity contribution in [1.29, 1.82) is 0 Å². The molecule has 0 saturated carbocycles. The van der Waals surface area contributed by atoms with E-state index in [0.29, 0.717) is 10.0 Å². The van der Waals surface area contributed by atoms with Gasteiger partial charge in [0.2, 0.25) is 0 Å². The number of aliphatic hydroxyl groups excluding tert-OH is 1. The largest absolute Gasteiger partial charge is 0.394 e. The van der Waals surface area contributed by atoms with Crippen LogP contribution in [0.15, 0.2) is 85.3 Å². The van der Waals surface area contributed by atoms with Gasteiger partial charge in [-0.1, -0.05) is 71.7 Å². The van der Waals surface area contributed by atoms with Crippen LogP contribution in [-0.2, 0) is 0 Å². The number of hydrogen-bond acceptors (Lipinski definition) is 2. The van der Waals surface area contributed by atoms with Gasteiger partial charge in [-0.05, 0) is 29.8 Å². The number of imidazole rings is 1. The van der Waals surface area contributed by atoms with Crippen molar-refractivity contribution in [1.82, 2.24) is 14.5 Å². The molecule has 0 unspecified atom stereocenters. The molecule has 0 spiro atoms. The molecule has 4 nitrogen and oxygen atoms in total. The number of halogens is 2. The van der Waals surface area contributed by atoms with Crippen LogP contribution in [0.2, 0.25) is 10.0 Å². The van der Waals surface area contributed by atoms with Crippen LogP contribution in [0.4, 0.5) is 0 Å². The Bertz CT molecular complexity index is 1340. The van der Waals surface area contributed by atoms with Gasteiger partial charge in [0.1, 0.15) is 0 Å². The first kappa shape index (κ1) is 19.9. The summed E-state index contributed by atoms with van der Waals surface area (Å²) in [5.41, 5.74) is 5.68. The minimum Gasteiger partial charge on any atom is -0.394 e. The molecule has 0 bridgehead atoms. The highest BCUT2D eigenvalue weighted by molar-refractivity contribution is 6.31. The third-order valence-corrected chi connectivity index (χ3v) is 5.99. The Hall–Kier alpha value is -3.05. The molecular formula is C25H19Cl2N3O. The molecule has 5 aromatic rings. The molecule has 0 saturated heterocycles. The van der Waals surface area contributed by atoms with Gasteiger partial charge in [0.15, 0.2) is 0 Å². The number of benzene rings is 3. The molecule has 154 valence electrons. The van der Waals surface area contributed by atoms with Crippen LogP contribution < -0.4 is 0 Å². The van der Waals surface area contributed by atoms with E-state index < -0.39 is 0 Å². The Morgan fingerprint density at radius 2 is 1.68 bits per heavy atom. The van der Waals surface area contributed by atoms with Crippen LogP contribution in [0.25, 0.3) is 33.4 Å². The number of aliphatic hydroxyl groups is 1. The number of fused-ring (bicyclic) bond motifs is 1. The molecule has 2 heterocycles. The smallest absolute Gasteiger partial charge is 0.0965 e. The van der Waals surface area contributed by atoms with Crippen LogP contribution in [0.5, 0.6) is 0 Å². The van der Waals surface area contributed by atoms with E-state index in [0.717, 1.165) is 39.0 Å². The number of hydrogen-bond donors (Lipinski definition) is 2. The SMILES string of the molecule is OC[C@H](c1ccc(Cl)cc1)n1cnc(-c2ccccc2)c1-c1c[nH]c2cc(Cl)ccc12. The number of aromatic amines is 1. The van der Waals surface area contributed by atoms with Gasteiger partial charge in [0, 0.05) is 38.3 Å². The number of nitrogens with one attached hydrogen (secondary N) is 1. The third kappa shape index (κ3) is 3.63. The molecule has 0 aliphatic carbocycles. The highest BCUT2D eigenvalue weighted by Gasteiger charge is 2.23. The lowest BCUT2D eigenvalue weighted by atomic mass is 10.0. The average Bonchev–Trinajstić information content (AvgIpc) is 3.40. The molecular weight excluding hydrogens is 429 g/mol. The van der Waals surface area contributed by atoms with Crippen LogP contribution in [0, 0.1) is 0 Å². The van der Waals surface area contributed by atoms with Crippen LogP contribution in [0.1, 0.15) is 11.6 Å². The van der Waals surface area contributed by atoms with Gasteiger partial charge in [-0.15, -0.1) is 0 Å². The van der Waals surface area contributed by atoms with E-state index in [4.69, 9.17) is 28.2 Å². The highest BCUT2D eigenvalue weighted by atomic mass is 35.5. The number of rotatable bonds is 5. The standard InChI is InChI=1S/C25H19Cl2N3O/c26-18-8-6-16(7-9-18)23(14-31)30-15-29-24(17-4-2-1-3-5-17)25(30)21-13-28-22-12-19(27)10-11-20(21)22/h1-13,15,23,28,31H,14H2/t23-/m1/s1. The molecule has 3 aromatic carbocycles. The predicted octanol–water partition coefficient (Wildman–Crippen LogP) is 6.59. The van der Waals surface area contributed by atoms with Gasteiger partial charge in [0.25, 0.3) is 0 Å². The van der Waals surface area contributed by atoms with Crippen molar-refractivity contribution in [2.24, 2.45) is 0 Å². The second-order valence-corrected chi connectivity index (χ2v) is 8.23. The summed E-state index contributed by atoms with van der Waals surface area (Å²) in [7, 11) is 0. The minimum absolute atomic E-state index is 0.0760. The zero-order valence-corrected chi connectivity index (χ0v) is 18.0. The molecule has 2 N–H and O–H groups in total. The summed E-state index contributed by atoms with van der Waals surface area (Å²) in [6.07, 6.45) is 3.76. The summed E-state index contributed by atoms with van der Waals surface area (Å²) in [4.78, 5) is 8.09. The van der Waals surface area contributed by atoms with Gasteiger partial charge >= 0.3 is 0 Å². The van der Waals surface area contributed by atoms with Crippen LogP contribution in [0.3, 0.4) is 0 Å². The first-order chi connectivity index (χ1) is 15.2. The van der Waals surface area contributed by atoms with Gasteiger partial charge in [-0.3, -0.25) is 0 Å². The van der Waals surface area contributed by atoms with Crippen molar-refractivity contribution in [3.05, 3.63) is 101 Å². The molecule has 0 aliphatic heterocycles. The quantitative estimate of drug-likeness (QED) is 0.319. The van der Waals surface area contributed by atoms with Crippen molar-refractivity contribution in [3.8, 4) is 22.5 Å². The number of nitrogens with zero attached hydrogens (tertiary/aromatic N) is 2. The number of aromatic nitrogens is 3. The Kier molecular flexibility index (Phi) is 5.28. The van der Waals surface area contributed by atoms with Crippen LogP contribution in [-0.4, -0.2) is 26.2 Å². The molecule has 1 atom stereocenters. The molecule has 0 amide bonds. The summed E-state index contributed by atoms with van der Waals surface area (Å²) < 4.78 is 2.03. The van der Waals surface area contributed by atoms with Crippen molar-refractivity contribution >= 4 is 34.1 Å². The van der Waals surface area contributed by atoms with E-state index in [1.54, 1.807) is 6.33 Å². The van der Waals surface area contributed by atoms with E-state index in [2.05, 4.69) is 4.98 Å². The monoisotopic (exact) mass is 447 g/mol. The zero-order chi connectivity index (χ0) is 21.4. The van der Waals surface area contributed by atoms with E-state index in [1.807, 2.05) is 83.6 Å². The fraction of sp³-hybridized carbons (Fsp3) is 0.0800. The second-order valence-electron chi connectivity index (χ2n) is 7.36. The maximum atomic E-state index is 10.3. The Morgan fingerprint density at radius 1 is 0.935 bits per heavy atom. The lowest BCUT2D eigenvalue weighted by molar-refractivity contribution is 0.250. The van der Waals surface area contributed by atoms with Crippen molar-refractivity contribution in [3.63, 3.8) is 0 Å². The first-order valence-corrected chi connectivity index (χ1v) is 10.7.